The quantitative estimate of drug-likeness (QED) is 0.884. The van der Waals surface area contributed by atoms with E-state index in [-0.39, 0.29) is 11.9 Å². The monoisotopic (exact) mass is 294 g/mol. The number of methoxy groups -OCH3 is 2. The van der Waals surface area contributed by atoms with E-state index in [1.54, 1.807) is 23.5 Å². The van der Waals surface area contributed by atoms with Crippen LogP contribution in [0.4, 0.5) is 0 Å². The zero-order valence-electron chi connectivity index (χ0n) is 11.8. The molecule has 2 rings (SSSR count). The Hall–Kier alpha value is -1.72. The highest BCUT2D eigenvalue weighted by molar-refractivity contribution is 7.10. The zero-order chi connectivity index (χ0) is 14.5. The summed E-state index contributed by atoms with van der Waals surface area (Å²) in [6.07, 6.45) is -0.306. The first-order valence-electron chi connectivity index (χ1n) is 6.31. The number of ether oxygens (including phenoxy) is 3. The summed E-state index contributed by atoms with van der Waals surface area (Å²) in [5.74, 6) is 0.875. The van der Waals surface area contributed by atoms with E-state index < -0.39 is 0 Å². The van der Waals surface area contributed by atoms with Crippen LogP contribution in [-0.2, 0) is 4.74 Å². The molecule has 0 saturated carbocycles. The number of benzene rings is 1. The number of aromatic hydroxyl groups is 1. The van der Waals surface area contributed by atoms with Crippen molar-refractivity contribution in [1.29, 1.82) is 0 Å². The van der Waals surface area contributed by atoms with Crippen LogP contribution in [0.3, 0.4) is 0 Å². The largest absolute Gasteiger partial charge is 0.504 e. The Morgan fingerprint density at radius 2 is 2.00 bits per heavy atom. The number of hydrogen-bond acceptors (Lipinski definition) is 5. The van der Waals surface area contributed by atoms with Gasteiger partial charge in [-0.2, -0.15) is 0 Å². The molecule has 0 spiro atoms. The van der Waals surface area contributed by atoms with Crippen LogP contribution >= 0.6 is 11.3 Å². The van der Waals surface area contributed by atoms with E-state index in [0.717, 1.165) is 4.88 Å². The number of phenolic OH excluding ortho intramolecular Hbond substituents is 1. The van der Waals surface area contributed by atoms with Gasteiger partial charge >= 0.3 is 0 Å². The molecule has 4 nitrogen and oxygen atoms in total. The molecule has 1 N–H and O–H groups in total. The molecule has 1 heterocycles. The van der Waals surface area contributed by atoms with Crippen molar-refractivity contribution >= 4 is 11.3 Å². The molecule has 1 aromatic carbocycles. The highest BCUT2D eigenvalue weighted by Crippen LogP contribution is 2.44. The number of hydrogen-bond donors (Lipinski definition) is 1. The topological polar surface area (TPSA) is 47.9 Å². The van der Waals surface area contributed by atoms with Crippen LogP contribution in [-0.4, -0.2) is 25.9 Å². The third kappa shape index (κ3) is 2.73. The molecule has 5 heteroatoms. The molecule has 0 aliphatic heterocycles. The molecule has 0 aliphatic carbocycles. The first kappa shape index (κ1) is 14.7. The maximum atomic E-state index is 10.4. The first-order chi connectivity index (χ1) is 9.72. The summed E-state index contributed by atoms with van der Waals surface area (Å²) in [6, 6.07) is 7.52. The maximum Gasteiger partial charge on any atom is 0.203 e. The summed E-state index contributed by atoms with van der Waals surface area (Å²) in [6.45, 7) is 2.48. The lowest BCUT2D eigenvalue weighted by molar-refractivity contribution is 0.0915. The van der Waals surface area contributed by atoms with Gasteiger partial charge in [0.15, 0.2) is 11.5 Å². The Labute approximate surface area is 122 Å². The molecule has 108 valence electrons. The van der Waals surface area contributed by atoms with Gasteiger partial charge in [-0.1, -0.05) is 6.07 Å². The van der Waals surface area contributed by atoms with E-state index in [2.05, 4.69) is 0 Å². The van der Waals surface area contributed by atoms with E-state index in [1.165, 1.54) is 14.2 Å². The zero-order valence-corrected chi connectivity index (χ0v) is 12.6. The van der Waals surface area contributed by atoms with Crippen molar-refractivity contribution in [2.75, 3.05) is 20.8 Å². The van der Waals surface area contributed by atoms with Crippen molar-refractivity contribution in [1.82, 2.24) is 0 Å². The molecule has 2 aromatic rings. The van der Waals surface area contributed by atoms with E-state index in [1.807, 2.05) is 24.4 Å². The van der Waals surface area contributed by atoms with Crippen LogP contribution in [0.5, 0.6) is 17.2 Å². The number of thiophene rings is 1. The summed E-state index contributed by atoms with van der Waals surface area (Å²) in [7, 11) is 3.04. The standard InChI is InChI=1S/C15H18O4S/c1-4-19-14(12-6-5-9-20-12)10-7-8-11(17-2)15(18-3)13(10)16/h5-9,14,16H,4H2,1-3H3. The number of rotatable bonds is 6. The molecule has 20 heavy (non-hydrogen) atoms. The molecular formula is C15H18O4S. The van der Waals surface area contributed by atoms with E-state index >= 15 is 0 Å². The van der Waals surface area contributed by atoms with Gasteiger partial charge < -0.3 is 19.3 Å². The maximum absolute atomic E-state index is 10.4. The fourth-order valence-corrected chi connectivity index (χ4v) is 2.86. The normalized spacial score (nSPS) is 12.2. The third-order valence-electron chi connectivity index (χ3n) is 2.97. The highest BCUT2D eigenvalue weighted by atomic mass is 32.1. The van der Waals surface area contributed by atoms with Crippen molar-refractivity contribution in [2.45, 2.75) is 13.0 Å². The van der Waals surface area contributed by atoms with Gasteiger partial charge in [-0.15, -0.1) is 11.3 Å². The van der Waals surface area contributed by atoms with Crippen LogP contribution in [0.2, 0.25) is 0 Å². The Balaban J connectivity index is 2.49. The molecule has 0 amide bonds. The molecule has 0 fully saturated rings. The molecule has 0 radical (unpaired) electrons. The van der Waals surface area contributed by atoms with Crippen molar-refractivity contribution in [3.63, 3.8) is 0 Å². The average Bonchev–Trinajstić information content (AvgIpc) is 2.98. The van der Waals surface area contributed by atoms with Crippen molar-refractivity contribution in [2.24, 2.45) is 0 Å². The fourth-order valence-electron chi connectivity index (χ4n) is 2.07. The number of phenols is 1. The summed E-state index contributed by atoms with van der Waals surface area (Å²) < 4.78 is 16.2. The van der Waals surface area contributed by atoms with Gasteiger partial charge in [0, 0.05) is 17.0 Å². The van der Waals surface area contributed by atoms with Gasteiger partial charge in [0.2, 0.25) is 5.75 Å². The van der Waals surface area contributed by atoms with Crippen LogP contribution in [0.25, 0.3) is 0 Å². The first-order valence-corrected chi connectivity index (χ1v) is 7.19. The summed E-state index contributed by atoms with van der Waals surface area (Å²) in [4.78, 5) is 1.04. The minimum Gasteiger partial charge on any atom is -0.504 e. The lowest BCUT2D eigenvalue weighted by atomic mass is 10.1. The minimum absolute atomic E-state index is 0.0544. The van der Waals surface area contributed by atoms with Crippen LogP contribution in [0, 0.1) is 0 Å². The van der Waals surface area contributed by atoms with Crippen molar-refractivity contribution in [3.05, 3.63) is 40.1 Å². The Bertz CT molecular complexity index is 551. The summed E-state index contributed by atoms with van der Waals surface area (Å²) in [5, 5.41) is 12.4. The molecule has 1 unspecified atom stereocenters. The molecule has 1 aromatic heterocycles. The van der Waals surface area contributed by atoms with Crippen LogP contribution in [0.1, 0.15) is 23.5 Å². The average molecular weight is 294 g/mol. The fraction of sp³-hybridized carbons (Fsp3) is 0.333. The Kier molecular flexibility index (Phi) is 4.87. The second-order valence-electron chi connectivity index (χ2n) is 4.09. The molecule has 0 bridgehead atoms. The van der Waals surface area contributed by atoms with Crippen molar-refractivity contribution in [3.8, 4) is 17.2 Å². The minimum atomic E-state index is -0.306. The summed E-state index contributed by atoms with van der Waals surface area (Å²) in [5.41, 5.74) is 0.673. The van der Waals surface area contributed by atoms with E-state index in [4.69, 9.17) is 14.2 Å². The van der Waals surface area contributed by atoms with Gasteiger partial charge in [-0.25, -0.2) is 0 Å². The van der Waals surface area contributed by atoms with Crippen LogP contribution in [0.15, 0.2) is 29.6 Å². The highest BCUT2D eigenvalue weighted by Gasteiger charge is 2.23. The predicted molar refractivity (Wildman–Crippen MR) is 79.0 cm³/mol. The lowest BCUT2D eigenvalue weighted by Gasteiger charge is -2.19. The molecule has 1 atom stereocenters. The van der Waals surface area contributed by atoms with Gasteiger partial charge in [-0.05, 0) is 30.5 Å². The predicted octanol–water partition coefficient (Wildman–Crippen LogP) is 3.60. The second-order valence-corrected chi connectivity index (χ2v) is 5.07. The molecular weight excluding hydrogens is 276 g/mol. The van der Waals surface area contributed by atoms with Gasteiger partial charge in [0.1, 0.15) is 6.10 Å². The third-order valence-corrected chi connectivity index (χ3v) is 3.88. The SMILES string of the molecule is CCOC(c1cccs1)c1ccc(OC)c(OC)c1O. The Morgan fingerprint density at radius 1 is 1.20 bits per heavy atom. The van der Waals surface area contributed by atoms with Crippen molar-refractivity contribution < 1.29 is 19.3 Å². The molecule has 0 saturated heterocycles. The lowest BCUT2D eigenvalue weighted by Crippen LogP contribution is -2.06. The second kappa shape index (κ2) is 6.63. The van der Waals surface area contributed by atoms with Gasteiger partial charge in [-0.3, -0.25) is 0 Å². The van der Waals surface area contributed by atoms with E-state index in [9.17, 15) is 5.11 Å². The smallest absolute Gasteiger partial charge is 0.203 e. The Morgan fingerprint density at radius 3 is 2.55 bits per heavy atom. The van der Waals surface area contributed by atoms with Gasteiger partial charge in [0.25, 0.3) is 0 Å². The van der Waals surface area contributed by atoms with E-state index in [0.29, 0.717) is 23.7 Å². The molecule has 0 aliphatic rings. The summed E-state index contributed by atoms with van der Waals surface area (Å²) >= 11 is 1.59. The van der Waals surface area contributed by atoms with Crippen LogP contribution < -0.4 is 9.47 Å². The van der Waals surface area contributed by atoms with Gasteiger partial charge in [0.05, 0.1) is 14.2 Å².